The minimum atomic E-state index is -0.246. The standard InChI is InChI=1S/C22H22N8O3S/c1-12-8-29(3-4-33-12)11-17(31)25-14-5-15-19(23-7-14)20-18(21(32)26-15)22-30(27-20)10-16(34-22)13-6-24-28(2)9-13/h5-7,9-10,12H,3-4,8,11H2,1-2H3,(H,25,31)(H,26,32)/t12-/m0/s1. The number of aromatic nitrogens is 6. The molecule has 6 heterocycles. The number of hydrogen-bond acceptors (Lipinski definition) is 8. The lowest BCUT2D eigenvalue weighted by molar-refractivity contribution is -0.119. The third-order valence-corrected chi connectivity index (χ3v) is 7.01. The van der Waals surface area contributed by atoms with Crippen molar-refractivity contribution in [2.45, 2.75) is 13.0 Å². The number of carbonyl (C=O) groups excluding carboxylic acids is 1. The van der Waals surface area contributed by atoms with E-state index in [0.717, 1.165) is 21.8 Å². The second-order valence-electron chi connectivity index (χ2n) is 8.51. The van der Waals surface area contributed by atoms with E-state index in [9.17, 15) is 9.59 Å². The zero-order valence-corrected chi connectivity index (χ0v) is 19.4. The van der Waals surface area contributed by atoms with Gasteiger partial charge in [-0.15, -0.1) is 11.3 Å². The number of aryl methyl sites for hydroxylation is 1. The quantitative estimate of drug-likeness (QED) is 0.404. The van der Waals surface area contributed by atoms with Gasteiger partial charge in [0.25, 0.3) is 5.56 Å². The molecule has 6 rings (SSSR count). The van der Waals surface area contributed by atoms with Crippen molar-refractivity contribution >= 4 is 49.7 Å². The summed E-state index contributed by atoms with van der Waals surface area (Å²) in [7, 11) is 1.86. The molecule has 34 heavy (non-hydrogen) atoms. The summed E-state index contributed by atoms with van der Waals surface area (Å²) in [5.41, 5.74) is 2.87. The van der Waals surface area contributed by atoms with Crippen molar-refractivity contribution in [3.05, 3.63) is 41.2 Å². The number of thiazole rings is 1. The first kappa shape index (κ1) is 21.0. The van der Waals surface area contributed by atoms with E-state index in [1.54, 1.807) is 27.7 Å². The van der Waals surface area contributed by atoms with Crippen LogP contribution in [0.2, 0.25) is 0 Å². The number of pyridine rings is 2. The number of anilines is 1. The van der Waals surface area contributed by atoms with Crippen LogP contribution < -0.4 is 10.9 Å². The number of amides is 1. The van der Waals surface area contributed by atoms with E-state index in [1.807, 2.05) is 26.4 Å². The SMILES string of the molecule is C[C@H]1CN(CC(=O)Nc2cnc3c(c2)[nH]c(=O)c2c3nn3cc(-c4cnn(C)c4)sc23)CCO1. The largest absolute Gasteiger partial charge is 0.376 e. The third kappa shape index (κ3) is 3.65. The Balaban J connectivity index is 1.31. The summed E-state index contributed by atoms with van der Waals surface area (Å²) in [5, 5.41) is 12.2. The molecule has 5 aromatic rings. The van der Waals surface area contributed by atoms with Crippen LogP contribution in [0.3, 0.4) is 0 Å². The van der Waals surface area contributed by atoms with Crippen LogP contribution in [-0.4, -0.2) is 72.5 Å². The molecule has 1 saturated heterocycles. The number of rotatable bonds is 4. The Kier molecular flexibility index (Phi) is 4.94. The molecular formula is C22H22N8O3S. The highest BCUT2D eigenvalue weighted by atomic mass is 32.1. The lowest BCUT2D eigenvalue weighted by Gasteiger charge is -2.30. The second-order valence-corrected chi connectivity index (χ2v) is 9.54. The molecule has 0 aromatic carbocycles. The Morgan fingerprint density at radius 2 is 2.21 bits per heavy atom. The predicted molar refractivity (Wildman–Crippen MR) is 129 cm³/mol. The van der Waals surface area contributed by atoms with E-state index in [0.29, 0.717) is 40.8 Å². The topological polar surface area (TPSA) is 122 Å². The van der Waals surface area contributed by atoms with Gasteiger partial charge in [0.15, 0.2) is 0 Å². The Labute approximate surface area is 197 Å². The molecule has 0 unspecified atom stereocenters. The van der Waals surface area contributed by atoms with Crippen LogP contribution in [0.4, 0.5) is 5.69 Å². The van der Waals surface area contributed by atoms with E-state index in [1.165, 1.54) is 11.3 Å². The molecule has 0 bridgehead atoms. The van der Waals surface area contributed by atoms with Crippen molar-refractivity contribution < 1.29 is 9.53 Å². The molecule has 0 spiro atoms. The molecule has 11 nitrogen and oxygen atoms in total. The molecule has 1 fully saturated rings. The van der Waals surface area contributed by atoms with Crippen LogP contribution in [0.1, 0.15) is 6.92 Å². The Morgan fingerprint density at radius 3 is 3.00 bits per heavy atom. The van der Waals surface area contributed by atoms with Gasteiger partial charge in [0.05, 0.1) is 47.7 Å². The van der Waals surface area contributed by atoms with Gasteiger partial charge >= 0.3 is 0 Å². The van der Waals surface area contributed by atoms with Crippen molar-refractivity contribution in [2.75, 3.05) is 31.6 Å². The molecule has 12 heteroatoms. The number of hydrogen-bond donors (Lipinski definition) is 2. The van der Waals surface area contributed by atoms with Crippen LogP contribution in [-0.2, 0) is 16.6 Å². The van der Waals surface area contributed by atoms with Gasteiger partial charge in [-0.1, -0.05) is 0 Å². The van der Waals surface area contributed by atoms with E-state index in [2.05, 4.69) is 30.4 Å². The summed E-state index contributed by atoms with van der Waals surface area (Å²) >= 11 is 1.48. The summed E-state index contributed by atoms with van der Waals surface area (Å²) < 4.78 is 8.97. The molecule has 2 N–H and O–H groups in total. The minimum absolute atomic E-state index is 0.112. The predicted octanol–water partition coefficient (Wildman–Crippen LogP) is 1.85. The molecule has 1 atom stereocenters. The fourth-order valence-electron chi connectivity index (χ4n) is 4.34. The average molecular weight is 479 g/mol. The Bertz CT molecular complexity index is 1610. The molecule has 5 aromatic heterocycles. The summed E-state index contributed by atoms with van der Waals surface area (Å²) in [6.45, 7) is 4.33. The summed E-state index contributed by atoms with van der Waals surface area (Å²) in [4.78, 5) is 36.7. The first-order chi connectivity index (χ1) is 16.4. The summed E-state index contributed by atoms with van der Waals surface area (Å²) in [6, 6.07) is 1.72. The van der Waals surface area contributed by atoms with Crippen LogP contribution in [0, 0.1) is 0 Å². The highest BCUT2D eigenvalue weighted by Crippen LogP contribution is 2.33. The maximum Gasteiger partial charge on any atom is 0.261 e. The van der Waals surface area contributed by atoms with Gasteiger partial charge in [-0.3, -0.25) is 24.2 Å². The fraction of sp³-hybridized carbons (Fsp3) is 0.318. The maximum atomic E-state index is 13.0. The molecule has 0 aliphatic carbocycles. The molecule has 1 aliphatic rings. The van der Waals surface area contributed by atoms with Crippen molar-refractivity contribution in [2.24, 2.45) is 7.05 Å². The van der Waals surface area contributed by atoms with Crippen molar-refractivity contribution in [3.8, 4) is 10.4 Å². The lowest BCUT2D eigenvalue weighted by atomic mass is 10.2. The smallest absolute Gasteiger partial charge is 0.261 e. The van der Waals surface area contributed by atoms with Crippen LogP contribution in [0.25, 0.3) is 37.2 Å². The first-order valence-electron chi connectivity index (χ1n) is 10.9. The zero-order valence-electron chi connectivity index (χ0n) is 18.6. The zero-order chi connectivity index (χ0) is 23.4. The van der Waals surface area contributed by atoms with Crippen molar-refractivity contribution in [3.63, 3.8) is 0 Å². The second kappa shape index (κ2) is 8.01. The van der Waals surface area contributed by atoms with Crippen molar-refractivity contribution in [1.29, 1.82) is 0 Å². The number of ether oxygens (including phenoxy) is 1. The number of morpholine rings is 1. The fourth-order valence-corrected chi connectivity index (χ4v) is 5.40. The average Bonchev–Trinajstić information content (AvgIpc) is 3.47. The van der Waals surface area contributed by atoms with Gasteiger partial charge < -0.3 is 15.0 Å². The molecule has 174 valence electrons. The van der Waals surface area contributed by atoms with Gasteiger partial charge in [0.2, 0.25) is 5.91 Å². The first-order valence-corrected chi connectivity index (χ1v) is 11.7. The van der Waals surface area contributed by atoms with E-state index in [4.69, 9.17) is 4.74 Å². The van der Waals surface area contributed by atoms with Crippen LogP contribution in [0.5, 0.6) is 0 Å². The van der Waals surface area contributed by atoms with Crippen molar-refractivity contribution in [1.82, 2.24) is 34.3 Å². The third-order valence-electron chi connectivity index (χ3n) is 5.87. The minimum Gasteiger partial charge on any atom is -0.376 e. The molecule has 1 aliphatic heterocycles. The monoisotopic (exact) mass is 478 g/mol. The van der Waals surface area contributed by atoms with Gasteiger partial charge in [-0.25, -0.2) is 4.52 Å². The highest BCUT2D eigenvalue weighted by Gasteiger charge is 2.20. The number of fused-ring (bicyclic) bond motifs is 5. The van der Waals surface area contributed by atoms with Crippen LogP contribution >= 0.6 is 11.3 Å². The number of carbonyl (C=O) groups is 1. The van der Waals surface area contributed by atoms with Crippen LogP contribution in [0.15, 0.2) is 35.6 Å². The Hall–Kier alpha value is -3.61. The highest BCUT2D eigenvalue weighted by molar-refractivity contribution is 7.21. The molecule has 0 saturated carbocycles. The maximum absolute atomic E-state index is 13.0. The molecular weight excluding hydrogens is 456 g/mol. The van der Waals surface area contributed by atoms with E-state index in [-0.39, 0.29) is 24.1 Å². The number of H-pyrrole nitrogens is 1. The van der Waals surface area contributed by atoms with Gasteiger partial charge in [0, 0.05) is 38.1 Å². The number of nitrogens with one attached hydrogen (secondary N) is 2. The molecule has 1 amide bonds. The normalized spacial score (nSPS) is 17.2. The van der Waals surface area contributed by atoms with Gasteiger partial charge in [0.1, 0.15) is 21.3 Å². The number of aromatic amines is 1. The van der Waals surface area contributed by atoms with Gasteiger partial charge in [-0.05, 0) is 13.0 Å². The number of nitrogens with zero attached hydrogens (tertiary/aromatic N) is 6. The summed E-state index contributed by atoms with van der Waals surface area (Å²) in [6.07, 6.45) is 7.30. The van der Waals surface area contributed by atoms with Gasteiger partial charge in [-0.2, -0.15) is 10.2 Å². The lowest BCUT2D eigenvalue weighted by Crippen LogP contribution is -2.44. The summed E-state index contributed by atoms with van der Waals surface area (Å²) in [5.74, 6) is -0.135. The van der Waals surface area contributed by atoms with E-state index >= 15 is 0 Å². The Morgan fingerprint density at radius 1 is 1.32 bits per heavy atom. The van der Waals surface area contributed by atoms with E-state index < -0.39 is 0 Å². The molecule has 0 radical (unpaired) electrons.